The zero-order valence-corrected chi connectivity index (χ0v) is 25.9. The number of carboxylic acid groups (broad SMARTS) is 1. The number of benzene rings is 3. The van der Waals surface area contributed by atoms with E-state index < -0.39 is 29.6 Å². The molecule has 1 amide bonds. The van der Waals surface area contributed by atoms with Gasteiger partial charge in [0.25, 0.3) is 5.91 Å². The molecule has 2 N–H and O–H groups in total. The number of halogens is 2. The topological polar surface area (TPSA) is 69.6 Å². The molecule has 0 radical (unpaired) electrons. The number of carboxylic acids is 1. The molecule has 1 aliphatic carbocycles. The molecule has 8 heteroatoms. The maximum Gasteiger partial charge on any atom is 0.326 e. The van der Waals surface area contributed by atoms with Gasteiger partial charge in [-0.25, -0.2) is 13.6 Å². The third kappa shape index (κ3) is 9.63. The van der Waals surface area contributed by atoms with Crippen LogP contribution in [-0.2, 0) is 17.9 Å². The highest BCUT2D eigenvalue weighted by Gasteiger charge is 2.23. The Labute approximate surface area is 258 Å². The van der Waals surface area contributed by atoms with E-state index >= 15 is 0 Å². The van der Waals surface area contributed by atoms with Gasteiger partial charge in [-0.1, -0.05) is 62.4 Å². The monoisotopic (exact) mass is 608 g/mol. The van der Waals surface area contributed by atoms with Crippen molar-refractivity contribution in [1.29, 1.82) is 0 Å². The standard InChI is InChI=1S/C35H42F2N2O3S/c1-24-8-6-7-11-30(24)32-20-26(12-13-31(32)34(40)38-33(35(41)42)15-17-43-2)22-39(16-14-25-9-4-3-5-10-25)23-27-18-28(36)21-29(37)19-27/h6-8,11-13,18-21,25,33H,3-5,9-10,14-17,22-23H2,1-2H3,(H,38,40)(H,41,42)/t33-/m0/s1. The first kappa shape index (κ1) is 32.7. The lowest BCUT2D eigenvalue weighted by atomic mass is 9.87. The van der Waals surface area contributed by atoms with Crippen molar-refractivity contribution in [3.05, 3.63) is 94.6 Å². The van der Waals surface area contributed by atoms with Crippen LogP contribution in [0.1, 0.15) is 72.0 Å². The molecule has 0 unspecified atom stereocenters. The minimum Gasteiger partial charge on any atom is -0.480 e. The lowest BCUT2D eigenvalue weighted by molar-refractivity contribution is -0.139. The second-order valence-electron chi connectivity index (χ2n) is 11.6. The Kier molecular flexibility index (Phi) is 12.2. The molecule has 43 heavy (non-hydrogen) atoms. The van der Waals surface area contributed by atoms with E-state index in [9.17, 15) is 23.5 Å². The first-order chi connectivity index (χ1) is 20.7. The second kappa shape index (κ2) is 16.0. The number of aryl methyl sites for hydroxylation is 1. The van der Waals surface area contributed by atoms with Crippen LogP contribution < -0.4 is 5.32 Å². The van der Waals surface area contributed by atoms with Gasteiger partial charge in [-0.05, 0) is 96.3 Å². The molecule has 1 aliphatic rings. The van der Waals surface area contributed by atoms with Crippen LogP contribution in [0.4, 0.5) is 8.78 Å². The number of thioether (sulfide) groups is 1. The van der Waals surface area contributed by atoms with Gasteiger partial charge in [0.1, 0.15) is 17.7 Å². The lowest BCUT2D eigenvalue weighted by Crippen LogP contribution is -2.41. The number of carbonyl (C=O) groups excluding carboxylic acids is 1. The van der Waals surface area contributed by atoms with Gasteiger partial charge in [0.05, 0.1) is 0 Å². The second-order valence-corrected chi connectivity index (χ2v) is 12.6. The van der Waals surface area contributed by atoms with Crippen molar-refractivity contribution in [1.82, 2.24) is 10.2 Å². The Morgan fingerprint density at radius 3 is 2.33 bits per heavy atom. The summed E-state index contributed by atoms with van der Waals surface area (Å²) in [5, 5.41) is 12.4. The summed E-state index contributed by atoms with van der Waals surface area (Å²) in [5.74, 6) is -1.38. The molecule has 0 spiro atoms. The van der Waals surface area contributed by atoms with Crippen molar-refractivity contribution in [2.24, 2.45) is 5.92 Å². The number of hydrogen-bond donors (Lipinski definition) is 2. The van der Waals surface area contributed by atoms with Crippen molar-refractivity contribution in [2.45, 2.75) is 71.0 Å². The molecule has 0 aliphatic heterocycles. The quantitative estimate of drug-likeness (QED) is 0.195. The summed E-state index contributed by atoms with van der Waals surface area (Å²) < 4.78 is 28.1. The number of rotatable bonds is 14. The van der Waals surface area contributed by atoms with Gasteiger partial charge in [0.2, 0.25) is 0 Å². The van der Waals surface area contributed by atoms with E-state index in [0.717, 1.165) is 41.3 Å². The number of hydrogen-bond acceptors (Lipinski definition) is 4. The summed E-state index contributed by atoms with van der Waals surface area (Å²) >= 11 is 1.53. The van der Waals surface area contributed by atoms with Crippen molar-refractivity contribution >= 4 is 23.6 Å². The molecule has 1 saturated carbocycles. The maximum atomic E-state index is 14.1. The fraction of sp³-hybridized carbons (Fsp3) is 0.429. The summed E-state index contributed by atoms with van der Waals surface area (Å²) in [4.78, 5) is 27.6. The third-order valence-corrected chi connectivity index (χ3v) is 8.93. The molecular formula is C35H42F2N2O3S. The average molecular weight is 609 g/mol. The summed E-state index contributed by atoms with van der Waals surface area (Å²) in [7, 11) is 0. The van der Waals surface area contributed by atoms with Gasteiger partial charge in [-0.2, -0.15) is 11.8 Å². The molecular weight excluding hydrogens is 566 g/mol. The van der Waals surface area contributed by atoms with Gasteiger partial charge >= 0.3 is 5.97 Å². The van der Waals surface area contributed by atoms with Gasteiger partial charge in [0.15, 0.2) is 0 Å². The molecule has 0 aromatic heterocycles. The Morgan fingerprint density at radius 2 is 1.65 bits per heavy atom. The van der Waals surface area contributed by atoms with Crippen LogP contribution in [0.3, 0.4) is 0 Å². The van der Waals surface area contributed by atoms with E-state index in [-0.39, 0.29) is 0 Å². The van der Waals surface area contributed by atoms with Gasteiger partial charge < -0.3 is 10.4 Å². The average Bonchev–Trinajstić information content (AvgIpc) is 2.98. The van der Waals surface area contributed by atoms with E-state index in [2.05, 4.69) is 10.2 Å². The van der Waals surface area contributed by atoms with Crippen molar-refractivity contribution in [2.75, 3.05) is 18.6 Å². The summed E-state index contributed by atoms with van der Waals surface area (Å²) in [6.45, 7) is 3.72. The first-order valence-electron chi connectivity index (χ1n) is 15.1. The summed E-state index contributed by atoms with van der Waals surface area (Å²) in [6.07, 6.45) is 9.49. The van der Waals surface area contributed by atoms with Crippen molar-refractivity contribution in [3.8, 4) is 11.1 Å². The predicted octanol–water partition coefficient (Wildman–Crippen LogP) is 7.85. The third-order valence-electron chi connectivity index (χ3n) is 8.29. The predicted molar refractivity (Wildman–Crippen MR) is 170 cm³/mol. The number of amides is 1. The van der Waals surface area contributed by atoms with Crippen LogP contribution in [0.15, 0.2) is 60.7 Å². The van der Waals surface area contributed by atoms with E-state index in [1.807, 2.05) is 49.6 Å². The highest BCUT2D eigenvalue weighted by Crippen LogP contribution is 2.30. The fourth-order valence-corrected chi connectivity index (χ4v) is 6.46. The van der Waals surface area contributed by atoms with E-state index in [0.29, 0.717) is 42.3 Å². The number of aliphatic carboxylic acids is 1. The number of carbonyl (C=O) groups is 2. The SMILES string of the molecule is CSCC[C@H](NC(=O)c1ccc(CN(CCC2CCCCC2)Cc2cc(F)cc(F)c2)cc1-c1ccccc1C)C(=O)O. The Balaban J connectivity index is 1.64. The largest absolute Gasteiger partial charge is 0.480 e. The van der Waals surface area contributed by atoms with E-state index in [1.54, 1.807) is 6.07 Å². The van der Waals surface area contributed by atoms with Crippen molar-refractivity contribution in [3.63, 3.8) is 0 Å². The van der Waals surface area contributed by atoms with Gasteiger partial charge in [-0.15, -0.1) is 0 Å². The Hall–Kier alpha value is -3.23. The van der Waals surface area contributed by atoms with Crippen LogP contribution in [0.5, 0.6) is 0 Å². The minimum absolute atomic E-state index is 0.330. The van der Waals surface area contributed by atoms with Gasteiger partial charge in [-0.3, -0.25) is 9.69 Å². The van der Waals surface area contributed by atoms with E-state index in [4.69, 9.17) is 0 Å². The molecule has 3 aromatic rings. The zero-order valence-electron chi connectivity index (χ0n) is 25.1. The molecule has 4 rings (SSSR count). The molecule has 3 aromatic carbocycles. The van der Waals surface area contributed by atoms with Gasteiger partial charge in [0, 0.05) is 24.7 Å². The molecule has 1 atom stereocenters. The Morgan fingerprint density at radius 1 is 0.953 bits per heavy atom. The highest BCUT2D eigenvalue weighted by atomic mass is 32.2. The molecule has 0 bridgehead atoms. The molecule has 0 saturated heterocycles. The van der Waals surface area contributed by atoms with E-state index in [1.165, 1.54) is 56.0 Å². The van der Waals surface area contributed by atoms with Crippen LogP contribution in [0.2, 0.25) is 0 Å². The number of nitrogens with one attached hydrogen (secondary N) is 1. The van der Waals surface area contributed by atoms with Crippen LogP contribution in [-0.4, -0.2) is 46.5 Å². The molecule has 5 nitrogen and oxygen atoms in total. The zero-order chi connectivity index (χ0) is 30.8. The fourth-order valence-electron chi connectivity index (χ4n) is 5.99. The first-order valence-corrected chi connectivity index (χ1v) is 16.5. The molecule has 0 heterocycles. The normalized spacial score (nSPS) is 14.5. The van der Waals surface area contributed by atoms with Crippen LogP contribution >= 0.6 is 11.8 Å². The van der Waals surface area contributed by atoms with Crippen LogP contribution in [0, 0.1) is 24.5 Å². The molecule has 230 valence electrons. The van der Waals surface area contributed by atoms with Crippen molar-refractivity contribution < 1.29 is 23.5 Å². The number of nitrogens with zero attached hydrogens (tertiary/aromatic N) is 1. The molecule has 1 fully saturated rings. The smallest absolute Gasteiger partial charge is 0.326 e. The highest BCUT2D eigenvalue weighted by molar-refractivity contribution is 7.98. The lowest BCUT2D eigenvalue weighted by Gasteiger charge is -2.27. The summed E-state index contributed by atoms with van der Waals surface area (Å²) in [6, 6.07) is 16.2. The van der Waals surface area contributed by atoms with Crippen LogP contribution in [0.25, 0.3) is 11.1 Å². The maximum absolute atomic E-state index is 14.1. The Bertz CT molecular complexity index is 1370. The minimum atomic E-state index is -1.06. The summed E-state index contributed by atoms with van der Waals surface area (Å²) in [5.41, 5.74) is 4.58.